The Morgan fingerprint density at radius 2 is 1.46 bits per heavy atom. The summed E-state index contributed by atoms with van der Waals surface area (Å²) in [6.07, 6.45) is -0.601. The summed E-state index contributed by atoms with van der Waals surface area (Å²) in [6.45, 7) is 1.50. The third-order valence-electron chi connectivity index (χ3n) is 6.79. The first-order valence-electron chi connectivity index (χ1n) is 12.8. The summed E-state index contributed by atoms with van der Waals surface area (Å²) in [5.74, 6) is -1.55. The number of hydrogen-bond acceptors (Lipinski definition) is 6. The predicted octanol–water partition coefficient (Wildman–Crippen LogP) is 6.86. The molecule has 0 N–H and O–H groups in total. The average molecular weight is 540 g/mol. The van der Waals surface area contributed by atoms with Gasteiger partial charge in [0.2, 0.25) is 5.79 Å². The van der Waals surface area contributed by atoms with Crippen LogP contribution in [0.2, 0.25) is 0 Å². The Kier molecular flexibility index (Phi) is 6.77. The Bertz CT molecular complexity index is 1590. The van der Waals surface area contributed by atoms with Crippen LogP contribution in [-0.2, 0) is 29.6 Å². The Labute approximate surface area is 228 Å². The van der Waals surface area contributed by atoms with Gasteiger partial charge in [-0.05, 0) is 36.4 Å². The number of hydrogen-bond donors (Lipinski definition) is 0. The van der Waals surface area contributed by atoms with E-state index < -0.39 is 23.8 Å². The summed E-state index contributed by atoms with van der Waals surface area (Å²) in [6, 6.07) is 34.2. The van der Waals surface area contributed by atoms with Gasteiger partial charge in [-0.2, -0.15) is 0 Å². The highest BCUT2D eigenvalue weighted by Gasteiger charge is 2.45. The first-order chi connectivity index (χ1) is 19.0. The second-order valence-corrected chi connectivity index (χ2v) is 11.4. The van der Waals surface area contributed by atoms with Crippen LogP contribution >= 0.6 is 10.5 Å². The lowest BCUT2D eigenvalue weighted by Crippen LogP contribution is -2.24. The van der Waals surface area contributed by atoms with E-state index in [9.17, 15) is 9.59 Å². The largest absolute Gasteiger partial charge is 0.482 e. The Balaban J connectivity index is 1.03. The van der Waals surface area contributed by atoms with Crippen molar-refractivity contribution in [1.29, 1.82) is 0 Å². The summed E-state index contributed by atoms with van der Waals surface area (Å²) >= 11 is 0. The maximum atomic E-state index is 12.3. The second kappa shape index (κ2) is 10.5. The standard InChI is InChI=1S/C32H27O6S/c1-32(22-9-3-2-4-10-22)37-27(31(34)38-32)19-20-35-30(33)21-36-23-15-17-24(18-16-23)39-28-13-7-5-11-25(28)26-12-6-8-14-29(26)39/h2-18,27H,19-21H2,1H3/q+1. The molecule has 7 heteroatoms. The smallest absolute Gasteiger partial charge is 0.344 e. The van der Waals surface area contributed by atoms with Crippen molar-refractivity contribution in [2.75, 3.05) is 13.2 Å². The molecule has 1 aromatic heterocycles. The molecule has 2 unspecified atom stereocenters. The molecule has 1 fully saturated rings. The number of cyclic esters (lactones) is 1. The van der Waals surface area contributed by atoms with Gasteiger partial charge in [-0.1, -0.05) is 54.6 Å². The van der Waals surface area contributed by atoms with Gasteiger partial charge in [0.1, 0.15) is 5.75 Å². The van der Waals surface area contributed by atoms with E-state index >= 15 is 0 Å². The number of carbonyl (C=O) groups is 2. The van der Waals surface area contributed by atoms with Crippen LogP contribution in [0.5, 0.6) is 5.75 Å². The highest BCUT2D eigenvalue weighted by molar-refractivity contribution is 7.50. The van der Waals surface area contributed by atoms with Crippen molar-refractivity contribution < 1.29 is 28.5 Å². The SMILES string of the molecule is CC1(c2ccccc2)OC(=O)C(CCOC(=O)COc2ccc(-[s+]3c4ccccc4c4ccccc43)cc2)O1. The third-order valence-corrected chi connectivity index (χ3v) is 9.12. The van der Waals surface area contributed by atoms with E-state index in [1.807, 2.05) is 42.5 Å². The minimum atomic E-state index is -1.15. The van der Waals surface area contributed by atoms with E-state index in [4.69, 9.17) is 18.9 Å². The van der Waals surface area contributed by atoms with Crippen LogP contribution in [0.4, 0.5) is 0 Å². The van der Waals surface area contributed by atoms with E-state index in [1.54, 1.807) is 6.92 Å². The van der Waals surface area contributed by atoms with Gasteiger partial charge in [0.05, 0.1) is 6.61 Å². The molecule has 1 aliphatic heterocycles. The van der Waals surface area contributed by atoms with Crippen molar-refractivity contribution in [1.82, 2.24) is 0 Å². The highest BCUT2D eigenvalue weighted by atomic mass is 32.2. The van der Waals surface area contributed by atoms with Crippen LogP contribution in [0.3, 0.4) is 0 Å². The van der Waals surface area contributed by atoms with Gasteiger partial charge in [-0.3, -0.25) is 0 Å². The molecule has 0 spiro atoms. The van der Waals surface area contributed by atoms with E-state index in [0.29, 0.717) is 5.75 Å². The van der Waals surface area contributed by atoms with Crippen molar-refractivity contribution >= 4 is 42.6 Å². The summed E-state index contributed by atoms with van der Waals surface area (Å²) in [7, 11) is -0.185. The van der Waals surface area contributed by atoms with Crippen LogP contribution < -0.4 is 4.74 Å². The molecule has 0 radical (unpaired) electrons. The molecular weight excluding hydrogens is 512 g/mol. The molecule has 2 atom stereocenters. The molecule has 6 nitrogen and oxygen atoms in total. The molecule has 5 aromatic rings. The lowest BCUT2D eigenvalue weighted by atomic mass is 10.1. The molecular formula is C32H27O6S+. The number of ether oxygens (including phenoxy) is 4. The normalized spacial score (nSPS) is 18.8. The molecule has 1 aliphatic rings. The Hall–Kier alpha value is -4.20. The van der Waals surface area contributed by atoms with Crippen LogP contribution in [0, 0.1) is 0 Å². The maximum Gasteiger partial charge on any atom is 0.344 e. The summed E-state index contributed by atoms with van der Waals surface area (Å²) < 4.78 is 24.9. The minimum Gasteiger partial charge on any atom is -0.482 e. The molecule has 6 rings (SSSR count). The molecule has 0 amide bonds. The molecule has 2 heterocycles. The monoisotopic (exact) mass is 539 g/mol. The first kappa shape index (κ1) is 25.1. The Morgan fingerprint density at radius 1 is 0.846 bits per heavy atom. The van der Waals surface area contributed by atoms with E-state index in [-0.39, 0.29) is 30.1 Å². The molecule has 0 saturated carbocycles. The van der Waals surface area contributed by atoms with Gasteiger partial charge in [-0.15, -0.1) is 0 Å². The number of thiophene rings is 1. The fraction of sp³-hybridized carbons (Fsp3) is 0.188. The second-order valence-electron chi connectivity index (χ2n) is 9.41. The van der Waals surface area contributed by atoms with Crippen LogP contribution in [0.15, 0.2) is 103 Å². The lowest BCUT2D eigenvalue weighted by Gasteiger charge is -2.22. The van der Waals surface area contributed by atoms with E-state index in [1.165, 1.54) is 25.1 Å². The maximum absolute atomic E-state index is 12.3. The summed E-state index contributed by atoms with van der Waals surface area (Å²) in [5.41, 5.74) is 0.749. The van der Waals surface area contributed by atoms with Crippen LogP contribution in [0.25, 0.3) is 25.1 Å². The van der Waals surface area contributed by atoms with Gasteiger partial charge >= 0.3 is 11.9 Å². The minimum absolute atomic E-state index is 0.0212. The summed E-state index contributed by atoms with van der Waals surface area (Å²) in [5, 5.41) is 2.56. The van der Waals surface area contributed by atoms with Crippen LogP contribution in [-0.4, -0.2) is 31.3 Å². The molecule has 0 aliphatic carbocycles. The van der Waals surface area contributed by atoms with Crippen molar-refractivity contribution in [2.24, 2.45) is 0 Å². The lowest BCUT2D eigenvalue weighted by molar-refractivity contribution is -0.174. The quantitative estimate of drug-likeness (QED) is 0.159. The number of fused-ring (bicyclic) bond motifs is 3. The van der Waals surface area contributed by atoms with E-state index in [2.05, 4.69) is 60.7 Å². The molecule has 0 bridgehead atoms. The van der Waals surface area contributed by atoms with E-state index in [0.717, 1.165) is 5.56 Å². The number of carbonyl (C=O) groups excluding carboxylic acids is 2. The number of benzene rings is 4. The number of esters is 2. The van der Waals surface area contributed by atoms with Gasteiger partial charge in [-0.25, -0.2) is 9.59 Å². The zero-order valence-corrected chi connectivity index (χ0v) is 22.2. The fourth-order valence-electron chi connectivity index (χ4n) is 4.89. The number of rotatable bonds is 8. The third kappa shape index (κ3) is 4.99. The zero-order valence-electron chi connectivity index (χ0n) is 21.4. The van der Waals surface area contributed by atoms with Crippen molar-refractivity contribution in [3.8, 4) is 10.6 Å². The van der Waals surface area contributed by atoms with Crippen LogP contribution in [0.1, 0.15) is 18.9 Å². The van der Waals surface area contributed by atoms with Gasteiger partial charge in [0.15, 0.2) is 27.0 Å². The van der Waals surface area contributed by atoms with Crippen molar-refractivity contribution in [2.45, 2.75) is 25.2 Å². The average Bonchev–Trinajstić information content (AvgIpc) is 3.46. The van der Waals surface area contributed by atoms with Crippen molar-refractivity contribution in [3.05, 3.63) is 109 Å². The molecule has 39 heavy (non-hydrogen) atoms. The predicted molar refractivity (Wildman–Crippen MR) is 151 cm³/mol. The highest BCUT2D eigenvalue weighted by Crippen LogP contribution is 2.48. The zero-order chi connectivity index (χ0) is 26.8. The fourth-order valence-corrected chi connectivity index (χ4v) is 7.27. The van der Waals surface area contributed by atoms with Gasteiger partial charge in [0.25, 0.3) is 0 Å². The Morgan fingerprint density at radius 3 is 2.13 bits per heavy atom. The first-order valence-corrected chi connectivity index (χ1v) is 14.0. The molecule has 196 valence electrons. The topological polar surface area (TPSA) is 71.1 Å². The van der Waals surface area contributed by atoms with Crippen molar-refractivity contribution in [3.63, 3.8) is 0 Å². The van der Waals surface area contributed by atoms with Gasteiger partial charge < -0.3 is 18.9 Å². The molecule has 4 aromatic carbocycles. The molecule has 1 saturated heterocycles. The van der Waals surface area contributed by atoms with Gasteiger partial charge in [0, 0.05) is 52.3 Å². The summed E-state index contributed by atoms with van der Waals surface area (Å²) in [4.78, 5) is 25.8.